The van der Waals surface area contributed by atoms with E-state index in [2.05, 4.69) is 15.4 Å². The van der Waals surface area contributed by atoms with Crippen LogP contribution < -0.4 is 5.32 Å². The molecule has 10 heteroatoms. The molecule has 0 atom stereocenters. The average molecular weight is 548 g/mol. The Bertz CT molecular complexity index is 1560. The molecule has 0 unspecified atom stereocenters. The van der Waals surface area contributed by atoms with E-state index in [9.17, 15) is 22.8 Å². The van der Waals surface area contributed by atoms with Crippen LogP contribution in [0, 0.1) is 0 Å². The van der Waals surface area contributed by atoms with E-state index in [-0.39, 0.29) is 30.2 Å². The lowest BCUT2D eigenvalue weighted by Crippen LogP contribution is -2.40. The lowest BCUT2D eigenvalue weighted by Gasteiger charge is -2.32. The Balaban J connectivity index is 1.09. The van der Waals surface area contributed by atoms with Gasteiger partial charge >= 0.3 is 6.18 Å². The van der Waals surface area contributed by atoms with Crippen molar-refractivity contribution in [2.24, 2.45) is 0 Å². The maximum absolute atomic E-state index is 13.2. The fourth-order valence-electron chi connectivity index (χ4n) is 5.44. The molecule has 3 heterocycles. The number of hydrogen-bond donors (Lipinski definition) is 1. The summed E-state index contributed by atoms with van der Waals surface area (Å²) in [7, 11) is 0. The van der Waals surface area contributed by atoms with Crippen LogP contribution in [-0.4, -0.2) is 44.6 Å². The predicted molar refractivity (Wildman–Crippen MR) is 144 cm³/mol. The third-order valence-corrected chi connectivity index (χ3v) is 7.76. The Morgan fingerprint density at radius 1 is 0.925 bits per heavy atom. The number of rotatable bonds is 6. The first-order valence-electron chi connectivity index (χ1n) is 13.4. The van der Waals surface area contributed by atoms with Crippen molar-refractivity contribution in [2.45, 2.75) is 50.2 Å². The highest BCUT2D eigenvalue weighted by atomic mass is 19.4. The van der Waals surface area contributed by atoms with Gasteiger partial charge in [0.05, 0.1) is 0 Å². The normalized spacial score (nSPS) is 16.3. The van der Waals surface area contributed by atoms with Crippen LogP contribution in [0.2, 0.25) is 0 Å². The zero-order valence-electron chi connectivity index (χ0n) is 21.7. The molecule has 4 aromatic rings. The summed E-state index contributed by atoms with van der Waals surface area (Å²) >= 11 is 0. The highest BCUT2D eigenvalue weighted by Gasteiger charge is 2.38. The maximum Gasteiger partial charge on any atom is 0.435 e. The molecule has 1 aliphatic carbocycles. The van der Waals surface area contributed by atoms with Gasteiger partial charge in [0.25, 0.3) is 5.91 Å². The molecule has 0 bridgehead atoms. The van der Waals surface area contributed by atoms with Gasteiger partial charge in [-0.3, -0.25) is 19.3 Å². The molecule has 2 aromatic heterocycles. The lowest BCUT2D eigenvalue weighted by molar-refractivity contribution is -0.142. The molecule has 2 fully saturated rings. The molecular weight excluding hydrogens is 519 g/mol. The summed E-state index contributed by atoms with van der Waals surface area (Å²) in [5.41, 5.74) is 1.55. The van der Waals surface area contributed by atoms with Crippen LogP contribution in [0.3, 0.4) is 0 Å². The van der Waals surface area contributed by atoms with E-state index in [4.69, 9.17) is 0 Å². The molecule has 2 aliphatic rings. The third-order valence-electron chi connectivity index (χ3n) is 7.76. The van der Waals surface area contributed by atoms with E-state index in [0.717, 1.165) is 35.2 Å². The Labute approximate surface area is 229 Å². The number of hydrogen-bond acceptors (Lipinski definition) is 4. The van der Waals surface area contributed by atoms with Crippen molar-refractivity contribution in [3.8, 4) is 0 Å². The van der Waals surface area contributed by atoms with Gasteiger partial charge in [-0.2, -0.15) is 18.3 Å². The summed E-state index contributed by atoms with van der Waals surface area (Å²) in [6.07, 6.45) is 0.0870. The fourth-order valence-corrected chi connectivity index (χ4v) is 5.44. The molecule has 2 aromatic carbocycles. The molecule has 0 radical (unpaired) electrons. The van der Waals surface area contributed by atoms with E-state index < -0.39 is 11.9 Å². The van der Waals surface area contributed by atoms with Gasteiger partial charge in [0, 0.05) is 42.0 Å². The summed E-state index contributed by atoms with van der Waals surface area (Å²) in [5, 5.41) is 8.66. The van der Waals surface area contributed by atoms with Crippen molar-refractivity contribution in [2.75, 3.05) is 18.4 Å². The number of carbonyl (C=O) groups is 2. The quantitative estimate of drug-likeness (QED) is 0.322. The van der Waals surface area contributed by atoms with Crippen molar-refractivity contribution in [3.05, 3.63) is 89.5 Å². The number of alkyl halides is 3. The van der Waals surface area contributed by atoms with Crippen molar-refractivity contribution in [1.82, 2.24) is 19.7 Å². The Morgan fingerprint density at radius 2 is 1.68 bits per heavy atom. The van der Waals surface area contributed by atoms with Crippen molar-refractivity contribution in [1.29, 1.82) is 0 Å². The van der Waals surface area contributed by atoms with E-state index in [1.54, 1.807) is 17.2 Å². The molecule has 0 spiro atoms. The monoisotopic (exact) mass is 547 g/mol. The van der Waals surface area contributed by atoms with Gasteiger partial charge < -0.3 is 10.2 Å². The summed E-state index contributed by atoms with van der Waals surface area (Å²) in [4.78, 5) is 32.0. The summed E-state index contributed by atoms with van der Waals surface area (Å²) in [6.45, 7) is 0.769. The number of halogens is 3. The number of benzene rings is 2. The Hall–Kier alpha value is -4.21. The van der Waals surface area contributed by atoms with Gasteiger partial charge in [-0.25, -0.2) is 0 Å². The summed E-state index contributed by atoms with van der Waals surface area (Å²) < 4.78 is 40.9. The molecule has 1 N–H and O–H groups in total. The number of amides is 2. The standard InChI is InChI=1S/C30H28F3N5O2/c31-30(32,33)27-17-26(21-8-9-21)38(36-27)18-28(39)37-14-11-19(12-15-37)22-10-13-34-25(16-22)29(40)35-24-7-3-5-20-4-1-2-6-23(20)24/h1-7,10,13,16-17,19,21H,8-9,11-12,14-15,18H2,(H,35,40). The topological polar surface area (TPSA) is 80.1 Å². The number of pyridine rings is 1. The SMILES string of the molecule is O=C(Nc1cccc2ccccc12)c1cc(C2CCN(C(=O)Cn3nc(C(F)(F)F)cc3C3CC3)CC2)ccn1. The number of likely N-dealkylation sites (tertiary alicyclic amines) is 1. The largest absolute Gasteiger partial charge is 0.435 e. The first kappa shape index (κ1) is 26.0. The number of nitrogens with one attached hydrogen (secondary N) is 1. The van der Waals surface area contributed by atoms with Crippen LogP contribution in [0.1, 0.15) is 65.0 Å². The minimum Gasteiger partial charge on any atom is -0.341 e. The molecule has 1 saturated carbocycles. The molecule has 1 aliphatic heterocycles. The van der Waals surface area contributed by atoms with E-state index in [0.29, 0.717) is 43.0 Å². The molecule has 6 rings (SSSR count). The van der Waals surface area contributed by atoms with Crippen molar-refractivity contribution in [3.63, 3.8) is 0 Å². The number of aromatic nitrogens is 3. The second-order valence-corrected chi connectivity index (χ2v) is 10.5. The second kappa shape index (κ2) is 10.4. The van der Waals surface area contributed by atoms with Gasteiger partial charge in [0.1, 0.15) is 12.2 Å². The highest BCUT2D eigenvalue weighted by Crippen LogP contribution is 2.42. The summed E-state index contributed by atoms with van der Waals surface area (Å²) in [5.74, 6) is -0.350. The molecule has 7 nitrogen and oxygen atoms in total. The van der Waals surface area contributed by atoms with Crippen molar-refractivity contribution < 1.29 is 22.8 Å². The van der Waals surface area contributed by atoms with Crippen molar-refractivity contribution >= 4 is 28.3 Å². The summed E-state index contributed by atoms with van der Waals surface area (Å²) in [6, 6.07) is 18.3. The number of fused-ring (bicyclic) bond motifs is 1. The van der Waals surface area contributed by atoms with Crippen LogP contribution in [0.15, 0.2) is 66.9 Å². The molecule has 2 amide bonds. The molecule has 40 heavy (non-hydrogen) atoms. The third kappa shape index (κ3) is 5.43. The van der Waals surface area contributed by atoms with Crippen LogP contribution in [0.5, 0.6) is 0 Å². The van der Waals surface area contributed by atoms with Gasteiger partial charge in [-0.1, -0.05) is 36.4 Å². The fraction of sp³-hybridized carbons (Fsp3) is 0.333. The molecule has 206 valence electrons. The predicted octanol–water partition coefficient (Wildman–Crippen LogP) is 5.99. The Kier molecular flexibility index (Phi) is 6.77. The lowest BCUT2D eigenvalue weighted by atomic mass is 9.89. The minimum atomic E-state index is -4.54. The van der Waals surface area contributed by atoms with Gasteiger partial charge in [0.2, 0.25) is 5.91 Å². The Morgan fingerprint density at radius 3 is 2.42 bits per heavy atom. The number of carbonyl (C=O) groups excluding carboxylic acids is 2. The van der Waals surface area contributed by atoms with Gasteiger partial charge in [0.15, 0.2) is 5.69 Å². The number of piperidine rings is 1. The van der Waals surface area contributed by atoms with E-state index in [1.165, 1.54) is 4.68 Å². The van der Waals surface area contributed by atoms with Crippen LogP contribution in [0.4, 0.5) is 18.9 Å². The highest BCUT2D eigenvalue weighted by molar-refractivity contribution is 6.08. The first-order valence-corrected chi connectivity index (χ1v) is 13.4. The van der Waals surface area contributed by atoms with E-state index in [1.807, 2.05) is 48.5 Å². The maximum atomic E-state index is 13.2. The van der Waals surface area contributed by atoms with Crippen LogP contribution in [0.25, 0.3) is 10.8 Å². The zero-order valence-corrected chi connectivity index (χ0v) is 21.7. The zero-order chi connectivity index (χ0) is 27.9. The average Bonchev–Trinajstić information content (AvgIpc) is 3.72. The molecule has 1 saturated heterocycles. The smallest absolute Gasteiger partial charge is 0.341 e. The van der Waals surface area contributed by atoms with Crippen LogP contribution >= 0.6 is 0 Å². The van der Waals surface area contributed by atoms with E-state index >= 15 is 0 Å². The number of nitrogens with zero attached hydrogens (tertiary/aromatic N) is 4. The van der Waals surface area contributed by atoms with Gasteiger partial charge in [-0.15, -0.1) is 0 Å². The van der Waals surface area contributed by atoms with Crippen LogP contribution in [-0.2, 0) is 17.5 Å². The first-order chi connectivity index (χ1) is 19.3. The van der Waals surface area contributed by atoms with Gasteiger partial charge in [-0.05, 0) is 66.8 Å². The minimum absolute atomic E-state index is 0.0424. The second-order valence-electron chi connectivity index (χ2n) is 10.5. The number of anilines is 1. The molecular formula is C30H28F3N5O2.